The number of nitrogens with two attached hydrogens (primary N) is 1. The number of hydrogen-bond donors (Lipinski definition) is 2. The Labute approximate surface area is 75.0 Å². The second kappa shape index (κ2) is 5.30. The molecule has 3 N–H and O–H groups in total. The molecular formula is C9H20N2O. The SMILES string of the molecule is C=C(C)CNC(C)(CN)COC. The fourth-order valence-electron chi connectivity index (χ4n) is 0.865. The van der Waals surface area contributed by atoms with Gasteiger partial charge in [0.1, 0.15) is 0 Å². The van der Waals surface area contributed by atoms with E-state index in [1.54, 1.807) is 7.11 Å². The van der Waals surface area contributed by atoms with Crippen molar-refractivity contribution < 1.29 is 4.74 Å². The molecular weight excluding hydrogens is 152 g/mol. The minimum Gasteiger partial charge on any atom is -0.383 e. The van der Waals surface area contributed by atoms with E-state index in [9.17, 15) is 0 Å². The Morgan fingerprint density at radius 2 is 2.25 bits per heavy atom. The summed E-state index contributed by atoms with van der Waals surface area (Å²) in [7, 11) is 1.68. The van der Waals surface area contributed by atoms with Crippen molar-refractivity contribution in [1.29, 1.82) is 0 Å². The Morgan fingerprint density at radius 3 is 2.58 bits per heavy atom. The van der Waals surface area contributed by atoms with E-state index in [0.29, 0.717) is 13.2 Å². The molecule has 0 heterocycles. The van der Waals surface area contributed by atoms with Crippen molar-refractivity contribution in [1.82, 2.24) is 5.32 Å². The second-order valence-corrected chi connectivity index (χ2v) is 3.51. The van der Waals surface area contributed by atoms with E-state index in [1.807, 2.05) is 13.8 Å². The largest absolute Gasteiger partial charge is 0.383 e. The van der Waals surface area contributed by atoms with Gasteiger partial charge in [-0.15, -0.1) is 0 Å². The maximum absolute atomic E-state index is 5.61. The molecule has 0 aliphatic heterocycles. The number of methoxy groups -OCH3 is 1. The van der Waals surface area contributed by atoms with Crippen LogP contribution < -0.4 is 11.1 Å². The molecule has 0 aromatic heterocycles. The molecule has 0 aliphatic rings. The first-order valence-electron chi connectivity index (χ1n) is 4.12. The Bertz CT molecular complexity index is 147. The van der Waals surface area contributed by atoms with Crippen molar-refractivity contribution in [3.8, 4) is 0 Å². The average molecular weight is 172 g/mol. The van der Waals surface area contributed by atoms with Crippen LogP contribution >= 0.6 is 0 Å². The Hall–Kier alpha value is -0.380. The molecule has 0 saturated carbocycles. The molecule has 72 valence electrons. The van der Waals surface area contributed by atoms with Gasteiger partial charge in [0.05, 0.1) is 12.1 Å². The van der Waals surface area contributed by atoms with Gasteiger partial charge < -0.3 is 15.8 Å². The maximum atomic E-state index is 5.61. The van der Waals surface area contributed by atoms with Gasteiger partial charge in [0.25, 0.3) is 0 Å². The van der Waals surface area contributed by atoms with Crippen LogP contribution in [0.15, 0.2) is 12.2 Å². The van der Waals surface area contributed by atoms with Crippen LogP contribution in [0, 0.1) is 0 Å². The highest BCUT2D eigenvalue weighted by Gasteiger charge is 2.20. The summed E-state index contributed by atoms with van der Waals surface area (Å²) in [5.74, 6) is 0. The van der Waals surface area contributed by atoms with Crippen molar-refractivity contribution in [2.45, 2.75) is 19.4 Å². The highest BCUT2D eigenvalue weighted by molar-refractivity contribution is 4.95. The van der Waals surface area contributed by atoms with E-state index >= 15 is 0 Å². The molecule has 12 heavy (non-hydrogen) atoms. The summed E-state index contributed by atoms with van der Waals surface area (Å²) in [5, 5.41) is 3.30. The lowest BCUT2D eigenvalue weighted by molar-refractivity contribution is 0.125. The van der Waals surface area contributed by atoms with Gasteiger partial charge in [0.15, 0.2) is 0 Å². The summed E-state index contributed by atoms with van der Waals surface area (Å²) < 4.78 is 5.06. The van der Waals surface area contributed by atoms with Gasteiger partial charge in [0.2, 0.25) is 0 Å². The van der Waals surface area contributed by atoms with Crippen molar-refractivity contribution >= 4 is 0 Å². The van der Waals surface area contributed by atoms with E-state index < -0.39 is 0 Å². The average Bonchev–Trinajstić information content (AvgIpc) is 2.02. The van der Waals surface area contributed by atoms with Gasteiger partial charge in [-0.2, -0.15) is 0 Å². The quantitative estimate of drug-likeness (QED) is 0.574. The molecule has 0 saturated heterocycles. The first-order chi connectivity index (χ1) is 5.54. The molecule has 0 aromatic carbocycles. The highest BCUT2D eigenvalue weighted by Crippen LogP contribution is 2.01. The molecule has 0 radical (unpaired) electrons. The van der Waals surface area contributed by atoms with E-state index in [0.717, 1.165) is 12.1 Å². The third kappa shape index (κ3) is 4.49. The second-order valence-electron chi connectivity index (χ2n) is 3.51. The van der Waals surface area contributed by atoms with Crippen LogP contribution in [0.2, 0.25) is 0 Å². The van der Waals surface area contributed by atoms with Crippen LogP contribution in [0.1, 0.15) is 13.8 Å². The minimum atomic E-state index is -0.131. The predicted molar refractivity (Wildman–Crippen MR) is 52.2 cm³/mol. The van der Waals surface area contributed by atoms with Gasteiger partial charge in [0, 0.05) is 20.2 Å². The summed E-state index contributed by atoms with van der Waals surface area (Å²) in [5.41, 5.74) is 6.58. The molecule has 0 fully saturated rings. The number of rotatable bonds is 6. The lowest BCUT2D eigenvalue weighted by Crippen LogP contribution is -2.52. The molecule has 0 aliphatic carbocycles. The van der Waals surface area contributed by atoms with Gasteiger partial charge in [-0.25, -0.2) is 0 Å². The van der Waals surface area contributed by atoms with Gasteiger partial charge in [-0.3, -0.25) is 0 Å². The monoisotopic (exact) mass is 172 g/mol. The summed E-state index contributed by atoms with van der Waals surface area (Å²) in [6.45, 7) is 9.81. The third-order valence-corrected chi connectivity index (χ3v) is 1.73. The zero-order chi connectivity index (χ0) is 9.61. The first-order valence-corrected chi connectivity index (χ1v) is 4.12. The van der Waals surface area contributed by atoms with Gasteiger partial charge in [-0.1, -0.05) is 12.2 Å². The zero-order valence-electron chi connectivity index (χ0n) is 8.31. The fraction of sp³-hybridized carbons (Fsp3) is 0.778. The Kier molecular flexibility index (Phi) is 5.13. The molecule has 0 rings (SSSR count). The predicted octanol–water partition coefficient (Wildman–Crippen LogP) is 0.516. The van der Waals surface area contributed by atoms with Crippen molar-refractivity contribution in [3.63, 3.8) is 0 Å². The smallest absolute Gasteiger partial charge is 0.0654 e. The summed E-state index contributed by atoms with van der Waals surface area (Å²) in [6, 6.07) is 0. The molecule has 3 heteroatoms. The molecule has 3 nitrogen and oxygen atoms in total. The fourth-order valence-corrected chi connectivity index (χ4v) is 0.865. The highest BCUT2D eigenvalue weighted by atomic mass is 16.5. The molecule has 0 aromatic rings. The Balaban J connectivity index is 3.86. The van der Waals surface area contributed by atoms with E-state index in [1.165, 1.54) is 0 Å². The normalized spacial score (nSPS) is 15.7. The first kappa shape index (κ1) is 11.6. The van der Waals surface area contributed by atoms with Crippen LogP contribution in [0.25, 0.3) is 0 Å². The van der Waals surface area contributed by atoms with Crippen LogP contribution in [-0.4, -0.2) is 32.3 Å². The summed E-state index contributed by atoms with van der Waals surface area (Å²) >= 11 is 0. The summed E-state index contributed by atoms with van der Waals surface area (Å²) in [6.07, 6.45) is 0. The molecule has 1 atom stereocenters. The van der Waals surface area contributed by atoms with Crippen LogP contribution in [0.5, 0.6) is 0 Å². The number of nitrogens with one attached hydrogen (secondary N) is 1. The lowest BCUT2D eigenvalue weighted by atomic mass is 10.0. The minimum absolute atomic E-state index is 0.131. The number of hydrogen-bond acceptors (Lipinski definition) is 3. The third-order valence-electron chi connectivity index (χ3n) is 1.73. The molecule has 0 amide bonds. The van der Waals surface area contributed by atoms with E-state index in [4.69, 9.17) is 10.5 Å². The maximum Gasteiger partial charge on any atom is 0.0654 e. The molecule has 1 unspecified atom stereocenters. The topological polar surface area (TPSA) is 47.3 Å². The van der Waals surface area contributed by atoms with Crippen LogP contribution in [0.3, 0.4) is 0 Å². The van der Waals surface area contributed by atoms with Crippen LogP contribution in [-0.2, 0) is 4.74 Å². The van der Waals surface area contributed by atoms with E-state index in [2.05, 4.69) is 11.9 Å². The van der Waals surface area contributed by atoms with Crippen LogP contribution in [0.4, 0.5) is 0 Å². The van der Waals surface area contributed by atoms with E-state index in [-0.39, 0.29) is 5.54 Å². The van der Waals surface area contributed by atoms with Gasteiger partial charge >= 0.3 is 0 Å². The number of ether oxygens (including phenoxy) is 1. The van der Waals surface area contributed by atoms with Crippen molar-refractivity contribution in [3.05, 3.63) is 12.2 Å². The zero-order valence-corrected chi connectivity index (χ0v) is 8.31. The molecule has 0 spiro atoms. The lowest BCUT2D eigenvalue weighted by Gasteiger charge is -2.28. The van der Waals surface area contributed by atoms with Gasteiger partial charge in [-0.05, 0) is 13.8 Å². The standard InChI is InChI=1S/C9H20N2O/c1-8(2)5-11-9(3,6-10)7-12-4/h11H,1,5-7,10H2,2-4H3. The van der Waals surface area contributed by atoms with Crippen molar-refractivity contribution in [2.24, 2.45) is 5.73 Å². The summed E-state index contributed by atoms with van der Waals surface area (Å²) in [4.78, 5) is 0. The Morgan fingerprint density at radius 1 is 1.67 bits per heavy atom. The molecule has 0 bridgehead atoms. The van der Waals surface area contributed by atoms with Crippen molar-refractivity contribution in [2.75, 3.05) is 26.8 Å².